The number of carbonyl (C=O) groups is 1. The first-order chi connectivity index (χ1) is 13.0. The van der Waals surface area contributed by atoms with Gasteiger partial charge in [-0.25, -0.2) is 13.1 Å². The van der Waals surface area contributed by atoms with Crippen molar-refractivity contribution < 1.29 is 13.2 Å². The number of fused-ring (bicyclic) bond motifs is 1. The topological polar surface area (TPSA) is 66.5 Å². The summed E-state index contributed by atoms with van der Waals surface area (Å²) in [6, 6.07) is 24.7. The molecule has 1 aliphatic heterocycles. The average Bonchev–Trinajstić information content (AvgIpc) is 2.92. The van der Waals surface area contributed by atoms with Crippen LogP contribution in [0.25, 0.3) is 0 Å². The largest absolute Gasteiger partial charge is 0.362 e. The summed E-state index contributed by atoms with van der Waals surface area (Å²) in [4.78, 5) is 14.5. The highest BCUT2D eigenvalue weighted by Gasteiger charge is 2.35. The Labute approximate surface area is 158 Å². The highest BCUT2D eigenvalue weighted by Crippen LogP contribution is 2.33. The molecule has 6 heteroatoms. The van der Waals surface area contributed by atoms with Gasteiger partial charge in [0.05, 0.1) is 11.3 Å². The van der Waals surface area contributed by atoms with E-state index in [0.29, 0.717) is 18.8 Å². The molecule has 0 saturated heterocycles. The van der Waals surface area contributed by atoms with E-state index in [1.54, 1.807) is 12.1 Å². The summed E-state index contributed by atoms with van der Waals surface area (Å²) in [5, 5.41) is 0. The minimum atomic E-state index is -3.78. The van der Waals surface area contributed by atoms with Crippen molar-refractivity contribution in [3.05, 3.63) is 95.6 Å². The average molecular weight is 378 g/mol. The van der Waals surface area contributed by atoms with E-state index in [4.69, 9.17) is 0 Å². The lowest BCUT2D eigenvalue weighted by Gasteiger charge is -2.26. The van der Waals surface area contributed by atoms with Gasteiger partial charge in [0.25, 0.3) is 15.9 Å². The minimum absolute atomic E-state index is 0.0381. The van der Waals surface area contributed by atoms with Crippen molar-refractivity contribution in [2.45, 2.75) is 18.0 Å². The van der Waals surface area contributed by atoms with Gasteiger partial charge in [-0.1, -0.05) is 66.7 Å². The van der Waals surface area contributed by atoms with Gasteiger partial charge in [0, 0.05) is 13.1 Å². The number of hydrogen-bond acceptors (Lipinski definition) is 4. The van der Waals surface area contributed by atoms with Crippen LogP contribution >= 0.6 is 0 Å². The van der Waals surface area contributed by atoms with Crippen LogP contribution in [0.3, 0.4) is 0 Å². The lowest BCUT2D eigenvalue weighted by molar-refractivity contribution is 0.0985. The number of amides is 1. The van der Waals surface area contributed by atoms with Crippen molar-refractivity contribution in [2.75, 3.05) is 4.90 Å². The summed E-state index contributed by atoms with van der Waals surface area (Å²) in [5.41, 5.74) is 2.97. The number of benzene rings is 3. The van der Waals surface area contributed by atoms with E-state index in [2.05, 4.69) is 4.72 Å². The zero-order valence-corrected chi connectivity index (χ0v) is 15.3. The molecule has 0 radical (unpaired) electrons. The molecule has 0 unspecified atom stereocenters. The molecule has 1 heterocycles. The summed E-state index contributed by atoms with van der Waals surface area (Å²) in [6.45, 7) is 1.11. The van der Waals surface area contributed by atoms with E-state index < -0.39 is 15.9 Å². The highest BCUT2D eigenvalue weighted by atomic mass is 32.2. The number of nitrogens with zero attached hydrogens (tertiary/aromatic N) is 1. The van der Waals surface area contributed by atoms with Crippen molar-refractivity contribution >= 4 is 21.6 Å². The molecule has 27 heavy (non-hydrogen) atoms. The van der Waals surface area contributed by atoms with E-state index >= 15 is 0 Å². The summed E-state index contributed by atoms with van der Waals surface area (Å²) in [6.07, 6.45) is 0. The molecule has 0 bridgehead atoms. The van der Waals surface area contributed by atoms with Crippen molar-refractivity contribution in [1.29, 1.82) is 0 Å². The van der Waals surface area contributed by atoms with E-state index in [-0.39, 0.29) is 10.5 Å². The van der Waals surface area contributed by atoms with Crippen LogP contribution in [0.15, 0.2) is 83.8 Å². The number of rotatable bonds is 5. The molecule has 136 valence electrons. The molecular weight excluding hydrogens is 360 g/mol. The van der Waals surface area contributed by atoms with E-state index in [1.165, 1.54) is 6.07 Å². The van der Waals surface area contributed by atoms with E-state index in [9.17, 15) is 13.2 Å². The Morgan fingerprint density at radius 1 is 0.741 bits per heavy atom. The maximum absolute atomic E-state index is 12.4. The van der Waals surface area contributed by atoms with Crippen LogP contribution in [0.2, 0.25) is 0 Å². The molecule has 3 aromatic rings. The second-order valence-electron chi connectivity index (χ2n) is 6.41. The molecule has 0 saturated carbocycles. The SMILES string of the molecule is O=C1NS(=O)(=O)c2cccc(N(Cc3ccccc3)Cc3ccccc3)c21. The van der Waals surface area contributed by atoms with E-state index in [0.717, 1.165) is 11.1 Å². The van der Waals surface area contributed by atoms with Crippen LogP contribution in [0.1, 0.15) is 21.5 Å². The van der Waals surface area contributed by atoms with Gasteiger partial charge in [0.2, 0.25) is 0 Å². The first-order valence-electron chi connectivity index (χ1n) is 8.57. The van der Waals surface area contributed by atoms with Gasteiger partial charge in [-0.15, -0.1) is 0 Å². The zero-order chi connectivity index (χ0) is 18.9. The maximum atomic E-state index is 12.4. The Morgan fingerprint density at radius 2 is 1.30 bits per heavy atom. The number of nitrogens with one attached hydrogen (secondary N) is 1. The first-order valence-corrected chi connectivity index (χ1v) is 10.1. The smallest absolute Gasteiger partial charge is 0.268 e. The van der Waals surface area contributed by atoms with Crippen molar-refractivity contribution in [2.24, 2.45) is 0 Å². The molecule has 4 rings (SSSR count). The van der Waals surface area contributed by atoms with Gasteiger partial charge >= 0.3 is 0 Å². The summed E-state index contributed by atoms with van der Waals surface area (Å²) in [7, 11) is -3.78. The summed E-state index contributed by atoms with van der Waals surface area (Å²) >= 11 is 0. The highest BCUT2D eigenvalue weighted by molar-refractivity contribution is 7.90. The maximum Gasteiger partial charge on any atom is 0.268 e. The van der Waals surface area contributed by atoms with Gasteiger partial charge in [-0.3, -0.25) is 4.79 Å². The minimum Gasteiger partial charge on any atom is -0.362 e. The lowest BCUT2D eigenvalue weighted by Crippen LogP contribution is -2.25. The molecule has 1 N–H and O–H groups in total. The van der Waals surface area contributed by atoms with Gasteiger partial charge in [-0.2, -0.15) is 0 Å². The van der Waals surface area contributed by atoms with Crippen molar-refractivity contribution in [1.82, 2.24) is 4.72 Å². The molecule has 0 atom stereocenters. The first kappa shape index (κ1) is 17.3. The molecule has 0 aromatic heterocycles. The van der Waals surface area contributed by atoms with Gasteiger partial charge < -0.3 is 4.90 Å². The predicted molar refractivity (Wildman–Crippen MR) is 104 cm³/mol. The molecular formula is C21H18N2O3S. The quantitative estimate of drug-likeness (QED) is 0.740. The molecule has 1 amide bonds. The van der Waals surface area contributed by atoms with Crippen LogP contribution < -0.4 is 9.62 Å². The van der Waals surface area contributed by atoms with Gasteiger partial charge in [-0.05, 0) is 23.3 Å². The van der Waals surface area contributed by atoms with Crippen LogP contribution in [-0.4, -0.2) is 14.3 Å². The predicted octanol–water partition coefficient (Wildman–Crippen LogP) is 3.33. The third kappa shape index (κ3) is 3.44. The fourth-order valence-electron chi connectivity index (χ4n) is 3.30. The molecule has 0 fully saturated rings. The number of hydrogen-bond donors (Lipinski definition) is 1. The summed E-state index contributed by atoms with van der Waals surface area (Å²) in [5.74, 6) is -0.577. The number of anilines is 1. The number of sulfonamides is 1. The second-order valence-corrected chi connectivity index (χ2v) is 8.06. The Morgan fingerprint density at radius 3 is 1.85 bits per heavy atom. The molecule has 1 aliphatic rings. The Bertz CT molecular complexity index is 1040. The van der Waals surface area contributed by atoms with Crippen molar-refractivity contribution in [3.63, 3.8) is 0 Å². The van der Waals surface area contributed by atoms with Gasteiger partial charge in [0.1, 0.15) is 4.90 Å². The molecule has 5 nitrogen and oxygen atoms in total. The van der Waals surface area contributed by atoms with Crippen LogP contribution in [0.4, 0.5) is 5.69 Å². The second kappa shape index (κ2) is 6.89. The monoisotopic (exact) mass is 378 g/mol. The third-order valence-electron chi connectivity index (χ3n) is 4.52. The molecule has 0 aliphatic carbocycles. The fraction of sp³-hybridized carbons (Fsp3) is 0.0952. The Kier molecular flexibility index (Phi) is 4.41. The van der Waals surface area contributed by atoms with E-state index in [1.807, 2.05) is 65.6 Å². The summed E-state index contributed by atoms with van der Waals surface area (Å²) < 4.78 is 26.5. The zero-order valence-electron chi connectivity index (χ0n) is 14.5. The van der Waals surface area contributed by atoms with Crippen LogP contribution in [-0.2, 0) is 23.1 Å². The fourth-order valence-corrected chi connectivity index (χ4v) is 4.48. The van der Waals surface area contributed by atoms with Gasteiger partial charge in [0.15, 0.2) is 0 Å². The lowest BCUT2D eigenvalue weighted by atomic mass is 10.1. The Balaban J connectivity index is 1.80. The normalized spacial score (nSPS) is 14.4. The van der Waals surface area contributed by atoms with Crippen LogP contribution in [0.5, 0.6) is 0 Å². The number of carbonyl (C=O) groups excluding carboxylic acids is 1. The standard InChI is InChI=1S/C21H18N2O3S/c24-21-20-18(12-7-13-19(20)27(25,26)22-21)23(14-16-8-3-1-4-9-16)15-17-10-5-2-6-11-17/h1-13H,14-15H2,(H,22,24). The molecule has 0 spiro atoms. The molecule has 3 aromatic carbocycles. The Hall–Kier alpha value is -3.12. The third-order valence-corrected chi connectivity index (χ3v) is 5.89. The van der Waals surface area contributed by atoms with Crippen molar-refractivity contribution in [3.8, 4) is 0 Å². The van der Waals surface area contributed by atoms with Crippen LogP contribution in [0, 0.1) is 0 Å².